The van der Waals surface area contributed by atoms with Gasteiger partial charge < -0.3 is 5.32 Å². The van der Waals surface area contributed by atoms with Crippen LogP contribution < -0.4 is 5.32 Å². The predicted molar refractivity (Wildman–Crippen MR) is 98.6 cm³/mol. The van der Waals surface area contributed by atoms with E-state index in [1.807, 2.05) is 35.0 Å². The summed E-state index contributed by atoms with van der Waals surface area (Å²) in [6.45, 7) is 4.21. The van der Waals surface area contributed by atoms with E-state index in [0.717, 1.165) is 11.3 Å². The lowest BCUT2D eigenvalue weighted by molar-refractivity contribution is 0.272. The van der Waals surface area contributed by atoms with Crippen molar-refractivity contribution in [2.75, 3.05) is 5.32 Å². The Kier molecular flexibility index (Phi) is 4.78. The molecule has 1 heterocycles. The normalized spacial score (nSPS) is 12.8. The Hall–Kier alpha value is -2.04. The van der Waals surface area contributed by atoms with Crippen molar-refractivity contribution in [1.82, 2.24) is 14.8 Å². The minimum absolute atomic E-state index is 0.0703. The molecule has 0 aliphatic rings. The van der Waals surface area contributed by atoms with Crippen LogP contribution in [0.2, 0.25) is 10.0 Å². The summed E-state index contributed by atoms with van der Waals surface area (Å²) in [6, 6.07) is 15.6. The summed E-state index contributed by atoms with van der Waals surface area (Å²) >= 11 is 12.4. The number of rotatable bonds is 5. The number of anilines is 1. The second kappa shape index (κ2) is 6.83. The van der Waals surface area contributed by atoms with Crippen molar-refractivity contribution in [2.24, 2.45) is 0 Å². The molecule has 0 saturated carbocycles. The first-order valence-electron chi connectivity index (χ1n) is 7.60. The molecule has 0 amide bonds. The minimum Gasteiger partial charge on any atom is -0.375 e. The van der Waals surface area contributed by atoms with Crippen LogP contribution in [0.5, 0.6) is 0 Å². The van der Waals surface area contributed by atoms with E-state index in [9.17, 15) is 0 Å². The van der Waals surface area contributed by atoms with Crippen molar-refractivity contribution in [3.8, 4) is 0 Å². The number of aromatic nitrogens is 3. The fourth-order valence-electron chi connectivity index (χ4n) is 2.71. The van der Waals surface area contributed by atoms with Gasteiger partial charge in [-0.05, 0) is 37.6 Å². The Balaban J connectivity index is 2.03. The van der Waals surface area contributed by atoms with Gasteiger partial charge in [-0.1, -0.05) is 53.5 Å². The second-order valence-corrected chi connectivity index (χ2v) is 6.95. The fraction of sp³-hybridized carbons (Fsp3) is 0.222. The molecule has 3 aromatic rings. The highest BCUT2D eigenvalue weighted by atomic mass is 35.5. The Morgan fingerprint density at radius 1 is 1.08 bits per heavy atom. The lowest BCUT2D eigenvalue weighted by atomic mass is 9.88. The number of halogens is 2. The van der Waals surface area contributed by atoms with E-state index in [2.05, 4.69) is 41.4 Å². The monoisotopic (exact) mass is 360 g/mol. The van der Waals surface area contributed by atoms with Crippen LogP contribution in [0, 0.1) is 0 Å². The fourth-order valence-corrected chi connectivity index (χ4v) is 3.18. The van der Waals surface area contributed by atoms with Crippen LogP contribution in [-0.4, -0.2) is 14.8 Å². The van der Waals surface area contributed by atoms with Gasteiger partial charge in [-0.15, -0.1) is 0 Å². The van der Waals surface area contributed by atoms with E-state index in [1.54, 1.807) is 18.7 Å². The summed E-state index contributed by atoms with van der Waals surface area (Å²) < 4.78 is 1.85. The van der Waals surface area contributed by atoms with Crippen LogP contribution in [0.1, 0.15) is 25.5 Å². The van der Waals surface area contributed by atoms with Crippen molar-refractivity contribution < 1.29 is 0 Å². The highest BCUT2D eigenvalue weighted by molar-refractivity contribution is 6.36. The van der Waals surface area contributed by atoms with E-state index >= 15 is 0 Å². The van der Waals surface area contributed by atoms with Crippen LogP contribution in [-0.2, 0) is 5.54 Å². The smallest absolute Gasteiger partial charge is 0.137 e. The molecule has 0 aliphatic carbocycles. The minimum atomic E-state index is -0.374. The summed E-state index contributed by atoms with van der Waals surface area (Å²) in [5.74, 6) is 0. The van der Waals surface area contributed by atoms with Crippen molar-refractivity contribution in [3.05, 3.63) is 76.8 Å². The number of benzene rings is 2. The van der Waals surface area contributed by atoms with Crippen LogP contribution in [0.3, 0.4) is 0 Å². The van der Waals surface area contributed by atoms with Crippen molar-refractivity contribution in [1.29, 1.82) is 0 Å². The molecule has 0 radical (unpaired) electrons. The maximum atomic E-state index is 6.35. The van der Waals surface area contributed by atoms with Gasteiger partial charge in [0.15, 0.2) is 0 Å². The molecule has 2 aromatic carbocycles. The van der Waals surface area contributed by atoms with Crippen LogP contribution in [0.15, 0.2) is 61.2 Å². The summed E-state index contributed by atoms with van der Waals surface area (Å²) in [7, 11) is 0. The highest BCUT2D eigenvalue weighted by Gasteiger charge is 2.33. The quantitative estimate of drug-likeness (QED) is 0.681. The number of nitrogens with one attached hydrogen (secondary N) is 1. The van der Waals surface area contributed by atoms with E-state index in [4.69, 9.17) is 23.2 Å². The van der Waals surface area contributed by atoms with Gasteiger partial charge in [0.2, 0.25) is 0 Å². The Labute approximate surface area is 151 Å². The lowest BCUT2D eigenvalue weighted by Crippen LogP contribution is -2.38. The molecule has 3 rings (SSSR count). The molecule has 24 heavy (non-hydrogen) atoms. The first-order valence-corrected chi connectivity index (χ1v) is 8.36. The SMILES string of the molecule is CC(C)(C(Nc1ccc(Cl)cc1Cl)c1ccccc1)n1cncn1. The van der Waals surface area contributed by atoms with Gasteiger partial charge in [0.05, 0.1) is 22.3 Å². The molecule has 6 heteroatoms. The average Bonchev–Trinajstić information content (AvgIpc) is 3.10. The van der Waals surface area contributed by atoms with Crippen LogP contribution in [0.4, 0.5) is 5.69 Å². The zero-order valence-electron chi connectivity index (χ0n) is 13.4. The molecule has 1 aromatic heterocycles. The topological polar surface area (TPSA) is 42.7 Å². The van der Waals surface area contributed by atoms with E-state index in [1.165, 1.54) is 0 Å². The molecule has 0 spiro atoms. The first-order chi connectivity index (χ1) is 11.5. The third kappa shape index (κ3) is 3.40. The van der Waals surface area contributed by atoms with E-state index < -0.39 is 0 Å². The Morgan fingerprint density at radius 3 is 2.46 bits per heavy atom. The molecule has 0 saturated heterocycles. The Bertz CT molecular complexity index is 801. The van der Waals surface area contributed by atoms with Gasteiger partial charge in [-0.25, -0.2) is 9.67 Å². The largest absolute Gasteiger partial charge is 0.375 e. The van der Waals surface area contributed by atoms with Gasteiger partial charge in [-0.2, -0.15) is 5.10 Å². The van der Waals surface area contributed by atoms with Crippen molar-refractivity contribution >= 4 is 28.9 Å². The van der Waals surface area contributed by atoms with Crippen LogP contribution in [0.25, 0.3) is 0 Å². The highest BCUT2D eigenvalue weighted by Crippen LogP contribution is 2.37. The molecule has 0 aliphatic heterocycles. The molecule has 0 fully saturated rings. The summed E-state index contributed by atoms with van der Waals surface area (Å²) in [5.41, 5.74) is 1.58. The van der Waals surface area contributed by atoms with Crippen molar-refractivity contribution in [3.63, 3.8) is 0 Å². The molecule has 124 valence electrons. The number of hydrogen-bond acceptors (Lipinski definition) is 3. The third-order valence-electron chi connectivity index (χ3n) is 4.08. The average molecular weight is 361 g/mol. The third-order valence-corrected chi connectivity index (χ3v) is 4.63. The standard InChI is InChI=1S/C18H18Cl2N4/c1-18(2,24-12-21-11-22-24)17(13-6-4-3-5-7-13)23-16-9-8-14(19)10-15(16)20/h3-12,17,23H,1-2H3. The maximum Gasteiger partial charge on any atom is 0.137 e. The van der Waals surface area contributed by atoms with E-state index in [0.29, 0.717) is 10.0 Å². The molecule has 1 atom stereocenters. The van der Waals surface area contributed by atoms with Gasteiger partial charge in [0.1, 0.15) is 12.7 Å². The second-order valence-electron chi connectivity index (χ2n) is 6.11. The summed E-state index contributed by atoms with van der Waals surface area (Å²) in [6.07, 6.45) is 3.26. The lowest BCUT2D eigenvalue weighted by Gasteiger charge is -2.36. The molecule has 1 N–H and O–H groups in total. The molecule has 0 bridgehead atoms. The zero-order valence-corrected chi connectivity index (χ0v) is 15.0. The summed E-state index contributed by atoms with van der Waals surface area (Å²) in [5, 5.41) is 9.05. The van der Waals surface area contributed by atoms with Gasteiger partial charge in [-0.3, -0.25) is 0 Å². The number of hydrogen-bond donors (Lipinski definition) is 1. The molecule has 1 unspecified atom stereocenters. The van der Waals surface area contributed by atoms with Crippen LogP contribution >= 0.6 is 23.2 Å². The Morgan fingerprint density at radius 2 is 1.83 bits per heavy atom. The zero-order chi connectivity index (χ0) is 17.2. The van der Waals surface area contributed by atoms with E-state index in [-0.39, 0.29) is 11.6 Å². The molecular weight excluding hydrogens is 343 g/mol. The van der Waals surface area contributed by atoms with Crippen molar-refractivity contribution in [2.45, 2.75) is 25.4 Å². The maximum absolute atomic E-state index is 6.35. The van der Waals surface area contributed by atoms with Gasteiger partial charge in [0, 0.05) is 5.02 Å². The van der Waals surface area contributed by atoms with Gasteiger partial charge >= 0.3 is 0 Å². The van der Waals surface area contributed by atoms with Gasteiger partial charge in [0.25, 0.3) is 0 Å². The molecular formula is C18H18Cl2N4. The molecule has 4 nitrogen and oxygen atoms in total. The predicted octanol–water partition coefficient (Wildman–Crippen LogP) is 5.17. The summed E-state index contributed by atoms with van der Waals surface area (Å²) in [4.78, 5) is 4.08. The number of nitrogens with zero attached hydrogens (tertiary/aromatic N) is 3. The first kappa shape index (κ1) is 16.8.